The third-order valence-electron chi connectivity index (χ3n) is 2.62. The highest BCUT2D eigenvalue weighted by molar-refractivity contribution is 5.15. The molecule has 1 aliphatic rings. The quantitative estimate of drug-likeness (QED) is 0.657. The molecule has 0 radical (unpaired) electrons. The SMILES string of the molecule is [2H]C1([2H])C[C@@H](c2cccnc2)N(C)C1([2H])C. The van der Waals surface area contributed by atoms with Crippen molar-refractivity contribution in [1.29, 1.82) is 0 Å². The summed E-state index contributed by atoms with van der Waals surface area (Å²) in [6.45, 7) is 1.63. The molecular weight excluding hydrogens is 160 g/mol. The number of rotatable bonds is 1. The summed E-state index contributed by atoms with van der Waals surface area (Å²) in [5.41, 5.74) is 0.977. The molecule has 1 unspecified atom stereocenters. The third-order valence-corrected chi connectivity index (χ3v) is 2.62. The molecule has 0 N–H and O–H groups in total. The van der Waals surface area contributed by atoms with Gasteiger partial charge in [-0.2, -0.15) is 0 Å². The van der Waals surface area contributed by atoms with Crippen molar-refractivity contribution in [2.45, 2.75) is 31.8 Å². The summed E-state index contributed by atoms with van der Waals surface area (Å²) in [6, 6.07) is 2.53. The van der Waals surface area contributed by atoms with Crippen LogP contribution in [-0.2, 0) is 0 Å². The first-order chi connectivity index (χ1) is 7.36. The highest BCUT2D eigenvalue weighted by Gasteiger charge is 2.28. The van der Waals surface area contributed by atoms with E-state index in [1.165, 1.54) is 0 Å². The second-order valence-corrected chi connectivity index (χ2v) is 3.38. The van der Waals surface area contributed by atoms with E-state index < -0.39 is 12.4 Å². The molecular formula is C11H16N2. The lowest BCUT2D eigenvalue weighted by molar-refractivity contribution is 0.256. The molecule has 2 heterocycles. The molecule has 1 fully saturated rings. The van der Waals surface area contributed by atoms with Crippen LogP contribution in [-0.4, -0.2) is 22.9 Å². The van der Waals surface area contributed by atoms with Gasteiger partial charge in [0, 0.05) is 28.6 Å². The Bertz CT molecular complexity index is 378. The second-order valence-electron chi connectivity index (χ2n) is 3.38. The Kier molecular flexibility index (Phi) is 1.53. The molecule has 0 saturated carbocycles. The molecule has 2 heteroatoms. The molecule has 2 atom stereocenters. The smallest absolute Gasteiger partial charge is 0.0464 e. The van der Waals surface area contributed by atoms with E-state index in [-0.39, 0.29) is 6.04 Å². The van der Waals surface area contributed by atoms with Crippen LogP contribution in [0.5, 0.6) is 0 Å². The molecule has 70 valence electrons. The molecule has 1 aliphatic heterocycles. The molecule has 0 amide bonds. The average Bonchev–Trinajstić information content (AvgIpc) is 2.40. The van der Waals surface area contributed by atoms with Crippen molar-refractivity contribution < 1.29 is 4.11 Å². The van der Waals surface area contributed by atoms with Gasteiger partial charge in [0.25, 0.3) is 0 Å². The normalized spacial score (nSPS) is 42.3. The van der Waals surface area contributed by atoms with E-state index in [1.54, 1.807) is 31.3 Å². The van der Waals surface area contributed by atoms with E-state index in [4.69, 9.17) is 4.11 Å². The lowest BCUT2D eigenvalue weighted by Crippen LogP contribution is -2.24. The zero-order chi connectivity index (χ0) is 12.0. The molecule has 1 saturated heterocycles. The number of aromatic nitrogens is 1. The van der Waals surface area contributed by atoms with Crippen molar-refractivity contribution >= 4 is 0 Å². The predicted molar refractivity (Wildman–Crippen MR) is 53.4 cm³/mol. The minimum absolute atomic E-state index is 0.0637. The van der Waals surface area contributed by atoms with Crippen molar-refractivity contribution in [2.24, 2.45) is 0 Å². The number of nitrogens with zero attached hydrogens (tertiary/aromatic N) is 2. The molecule has 2 rings (SSSR count). The first-order valence-corrected chi connectivity index (χ1v) is 4.49. The fraction of sp³-hybridized carbons (Fsp3) is 0.545. The van der Waals surface area contributed by atoms with Crippen LogP contribution in [0.3, 0.4) is 0 Å². The largest absolute Gasteiger partial charge is 0.297 e. The van der Waals surface area contributed by atoms with Gasteiger partial charge in [0.05, 0.1) is 0 Å². The van der Waals surface area contributed by atoms with Gasteiger partial charge < -0.3 is 0 Å². The number of pyridine rings is 1. The first kappa shape index (κ1) is 5.76. The summed E-state index contributed by atoms with van der Waals surface area (Å²) in [7, 11) is 1.80. The van der Waals surface area contributed by atoms with Gasteiger partial charge in [-0.3, -0.25) is 9.88 Å². The van der Waals surface area contributed by atoms with Gasteiger partial charge in [-0.25, -0.2) is 0 Å². The van der Waals surface area contributed by atoms with Crippen LogP contribution in [0.15, 0.2) is 24.5 Å². The maximum Gasteiger partial charge on any atom is 0.0464 e. The number of hydrogen-bond acceptors (Lipinski definition) is 2. The Morgan fingerprint density at radius 3 is 3.15 bits per heavy atom. The Hall–Kier alpha value is -0.890. The molecule has 1 aromatic rings. The van der Waals surface area contributed by atoms with Crippen LogP contribution >= 0.6 is 0 Å². The van der Waals surface area contributed by atoms with Crippen molar-refractivity contribution in [3.8, 4) is 0 Å². The summed E-state index contributed by atoms with van der Waals surface area (Å²) >= 11 is 0. The zero-order valence-corrected chi connectivity index (χ0v) is 7.99. The lowest BCUT2D eigenvalue weighted by atomic mass is 10.1. The van der Waals surface area contributed by atoms with Gasteiger partial charge in [-0.1, -0.05) is 6.07 Å². The van der Waals surface area contributed by atoms with E-state index >= 15 is 0 Å². The molecule has 0 spiro atoms. The van der Waals surface area contributed by atoms with E-state index in [0.29, 0.717) is 6.42 Å². The summed E-state index contributed by atoms with van der Waals surface area (Å²) in [6.07, 6.45) is 2.29. The monoisotopic (exact) mass is 179 g/mol. The third kappa shape index (κ3) is 1.59. The van der Waals surface area contributed by atoms with Gasteiger partial charge in [0.2, 0.25) is 0 Å². The Morgan fingerprint density at radius 1 is 1.77 bits per heavy atom. The van der Waals surface area contributed by atoms with Crippen molar-refractivity contribution in [2.75, 3.05) is 7.05 Å². The molecule has 13 heavy (non-hydrogen) atoms. The average molecular weight is 179 g/mol. The van der Waals surface area contributed by atoms with Crippen LogP contribution in [0, 0.1) is 0 Å². The maximum atomic E-state index is 8.11. The molecule has 0 bridgehead atoms. The van der Waals surface area contributed by atoms with Crippen LogP contribution in [0.25, 0.3) is 0 Å². The summed E-state index contributed by atoms with van der Waals surface area (Å²) < 4.78 is 23.9. The van der Waals surface area contributed by atoms with E-state index in [0.717, 1.165) is 5.56 Å². The van der Waals surface area contributed by atoms with Crippen LogP contribution in [0.2, 0.25) is 0 Å². The van der Waals surface area contributed by atoms with Gasteiger partial charge in [0.1, 0.15) is 0 Å². The molecule has 0 aliphatic carbocycles. The summed E-state index contributed by atoms with van der Waals surface area (Å²) in [4.78, 5) is 5.83. The standard InChI is InChI=1S/C11H16N2/c1-9-5-6-11(13(9)2)10-4-3-7-12-8-10/h3-4,7-9,11H,5-6H2,1-2H3/t9?,11-/m0/s1/i5D2,9D. The fourth-order valence-corrected chi connectivity index (χ4v) is 1.65. The minimum Gasteiger partial charge on any atom is -0.297 e. The Balaban J connectivity index is 2.35. The van der Waals surface area contributed by atoms with Crippen molar-refractivity contribution in [1.82, 2.24) is 9.88 Å². The molecule has 0 aromatic carbocycles. The predicted octanol–water partition coefficient (Wildman–Crippen LogP) is 2.24. The van der Waals surface area contributed by atoms with Gasteiger partial charge in [-0.15, -0.1) is 0 Å². The highest BCUT2D eigenvalue weighted by Crippen LogP contribution is 2.33. The van der Waals surface area contributed by atoms with Crippen molar-refractivity contribution in [3.05, 3.63) is 30.1 Å². The first-order valence-electron chi connectivity index (χ1n) is 5.99. The van der Waals surface area contributed by atoms with Crippen LogP contribution in [0.4, 0.5) is 0 Å². The Labute approximate surface area is 83.8 Å². The summed E-state index contributed by atoms with van der Waals surface area (Å²) in [5.74, 6) is 0. The van der Waals surface area contributed by atoms with Gasteiger partial charge in [0.15, 0.2) is 0 Å². The Morgan fingerprint density at radius 2 is 2.62 bits per heavy atom. The van der Waals surface area contributed by atoms with E-state index in [9.17, 15) is 0 Å². The summed E-state index contributed by atoms with van der Waals surface area (Å²) in [5, 5.41) is 0. The fourth-order valence-electron chi connectivity index (χ4n) is 1.65. The van der Waals surface area contributed by atoms with E-state index in [2.05, 4.69) is 4.98 Å². The number of likely N-dealkylation sites (tertiary alicyclic amines) is 1. The lowest BCUT2D eigenvalue weighted by Gasteiger charge is -2.23. The highest BCUT2D eigenvalue weighted by atomic mass is 15.2. The second kappa shape index (κ2) is 3.46. The maximum absolute atomic E-state index is 8.11. The number of hydrogen-bond donors (Lipinski definition) is 0. The minimum atomic E-state index is -1.50. The zero-order valence-electron chi connectivity index (χ0n) is 11.0. The van der Waals surface area contributed by atoms with Crippen LogP contribution in [0.1, 0.15) is 35.4 Å². The van der Waals surface area contributed by atoms with Gasteiger partial charge >= 0.3 is 0 Å². The van der Waals surface area contributed by atoms with Gasteiger partial charge in [-0.05, 0) is 38.4 Å². The topological polar surface area (TPSA) is 16.1 Å². The van der Waals surface area contributed by atoms with Crippen LogP contribution < -0.4 is 0 Å². The van der Waals surface area contributed by atoms with Crippen molar-refractivity contribution in [3.63, 3.8) is 0 Å². The van der Waals surface area contributed by atoms with E-state index in [1.807, 2.05) is 12.1 Å². The molecule has 2 nitrogen and oxygen atoms in total. The molecule has 1 aromatic heterocycles.